The second kappa shape index (κ2) is 9.13. The largest absolute Gasteiger partial charge is 0.394 e. The van der Waals surface area contributed by atoms with E-state index in [4.69, 9.17) is 15.6 Å². The van der Waals surface area contributed by atoms with Crippen molar-refractivity contribution in [3.05, 3.63) is 0 Å². The van der Waals surface area contributed by atoms with E-state index in [1.165, 1.54) is 19.3 Å². The zero-order valence-corrected chi connectivity index (χ0v) is 10.4. The fourth-order valence-corrected chi connectivity index (χ4v) is 1.53. The summed E-state index contributed by atoms with van der Waals surface area (Å²) >= 11 is 0. The van der Waals surface area contributed by atoms with E-state index >= 15 is 0 Å². The maximum Gasteiger partial charge on any atom is 0.0953 e. The van der Waals surface area contributed by atoms with Gasteiger partial charge in [-0.15, -0.1) is 0 Å². The minimum absolute atomic E-state index is 0.0158. The van der Waals surface area contributed by atoms with Gasteiger partial charge in [-0.1, -0.05) is 33.1 Å². The van der Waals surface area contributed by atoms with E-state index in [0.29, 0.717) is 5.92 Å². The maximum absolute atomic E-state index is 9.05. The number of unbranched alkanes of at least 4 members (excludes halogenated alkanes) is 1. The monoisotopic (exact) mass is 217 g/mol. The lowest BCUT2D eigenvalue weighted by atomic mass is 10.0. The van der Waals surface area contributed by atoms with Gasteiger partial charge in [0.25, 0.3) is 0 Å². The van der Waals surface area contributed by atoms with E-state index in [-0.39, 0.29) is 18.8 Å². The standard InChI is InChI=1S/C12H27NO2/c1-4-6-7-11(5-2)9-15-12(8-14)10(3)13/h10-12,14H,4-9,13H2,1-3H3. The summed E-state index contributed by atoms with van der Waals surface area (Å²) in [6, 6.07) is -0.0984. The van der Waals surface area contributed by atoms with Crippen molar-refractivity contribution in [3.8, 4) is 0 Å². The normalized spacial score (nSPS) is 17.4. The summed E-state index contributed by atoms with van der Waals surface area (Å²) in [5.74, 6) is 0.609. The number of aliphatic hydroxyl groups excluding tert-OH is 1. The number of aliphatic hydroxyl groups is 1. The van der Waals surface area contributed by atoms with Crippen molar-refractivity contribution in [1.29, 1.82) is 0 Å². The molecule has 0 heterocycles. The minimum atomic E-state index is -0.208. The summed E-state index contributed by atoms with van der Waals surface area (Å²) < 4.78 is 5.63. The van der Waals surface area contributed by atoms with Crippen LogP contribution in [0.4, 0.5) is 0 Å². The van der Waals surface area contributed by atoms with Gasteiger partial charge < -0.3 is 15.6 Å². The summed E-state index contributed by atoms with van der Waals surface area (Å²) in [5, 5.41) is 9.05. The minimum Gasteiger partial charge on any atom is -0.394 e. The average Bonchev–Trinajstić information content (AvgIpc) is 2.23. The highest BCUT2D eigenvalue weighted by molar-refractivity contribution is 4.68. The summed E-state index contributed by atoms with van der Waals surface area (Å²) in [7, 11) is 0. The van der Waals surface area contributed by atoms with Gasteiger partial charge in [0.1, 0.15) is 0 Å². The predicted octanol–water partition coefficient (Wildman–Crippen LogP) is 1.93. The highest BCUT2D eigenvalue weighted by atomic mass is 16.5. The van der Waals surface area contributed by atoms with Crippen molar-refractivity contribution in [2.75, 3.05) is 13.2 Å². The topological polar surface area (TPSA) is 55.5 Å². The first-order valence-electron chi connectivity index (χ1n) is 6.13. The zero-order valence-electron chi connectivity index (χ0n) is 10.4. The Morgan fingerprint density at radius 1 is 1.33 bits per heavy atom. The Morgan fingerprint density at radius 3 is 2.40 bits per heavy atom. The molecule has 3 N–H and O–H groups in total. The van der Waals surface area contributed by atoms with E-state index < -0.39 is 0 Å². The fourth-order valence-electron chi connectivity index (χ4n) is 1.53. The van der Waals surface area contributed by atoms with Gasteiger partial charge in [0, 0.05) is 12.6 Å². The number of hydrogen-bond donors (Lipinski definition) is 2. The first-order chi connectivity index (χ1) is 7.15. The quantitative estimate of drug-likeness (QED) is 0.620. The van der Waals surface area contributed by atoms with Crippen LogP contribution in [-0.2, 0) is 4.74 Å². The van der Waals surface area contributed by atoms with E-state index in [0.717, 1.165) is 13.0 Å². The molecule has 0 fully saturated rings. The van der Waals surface area contributed by atoms with Gasteiger partial charge in [-0.05, 0) is 19.3 Å². The van der Waals surface area contributed by atoms with Crippen molar-refractivity contribution in [2.45, 2.75) is 58.6 Å². The highest BCUT2D eigenvalue weighted by Gasteiger charge is 2.15. The lowest BCUT2D eigenvalue weighted by Gasteiger charge is -2.22. The Hall–Kier alpha value is -0.120. The molecule has 0 radical (unpaired) electrons. The van der Waals surface area contributed by atoms with Crippen molar-refractivity contribution < 1.29 is 9.84 Å². The van der Waals surface area contributed by atoms with Crippen LogP contribution < -0.4 is 5.73 Å². The van der Waals surface area contributed by atoms with Crippen molar-refractivity contribution in [2.24, 2.45) is 11.7 Å². The lowest BCUT2D eigenvalue weighted by Crippen LogP contribution is -2.37. The van der Waals surface area contributed by atoms with Crippen molar-refractivity contribution >= 4 is 0 Å². The smallest absolute Gasteiger partial charge is 0.0953 e. The predicted molar refractivity (Wildman–Crippen MR) is 63.8 cm³/mol. The molecule has 0 aliphatic heterocycles. The molecule has 0 saturated heterocycles. The second-order valence-corrected chi connectivity index (χ2v) is 4.33. The summed E-state index contributed by atoms with van der Waals surface area (Å²) in [4.78, 5) is 0. The highest BCUT2D eigenvalue weighted by Crippen LogP contribution is 2.14. The van der Waals surface area contributed by atoms with E-state index in [1.54, 1.807) is 0 Å². The van der Waals surface area contributed by atoms with Crippen LogP contribution in [0.25, 0.3) is 0 Å². The molecule has 0 spiro atoms. The van der Waals surface area contributed by atoms with Crippen LogP contribution >= 0.6 is 0 Å². The molecule has 0 aliphatic rings. The molecule has 3 nitrogen and oxygen atoms in total. The van der Waals surface area contributed by atoms with E-state index in [9.17, 15) is 0 Å². The second-order valence-electron chi connectivity index (χ2n) is 4.33. The third kappa shape index (κ3) is 6.88. The zero-order chi connectivity index (χ0) is 11.7. The van der Waals surface area contributed by atoms with E-state index in [2.05, 4.69) is 13.8 Å². The average molecular weight is 217 g/mol. The molecule has 0 amide bonds. The molecule has 92 valence electrons. The van der Waals surface area contributed by atoms with Crippen LogP contribution in [0.3, 0.4) is 0 Å². The molecule has 0 rings (SSSR count). The van der Waals surface area contributed by atoms with Gasteiger partial charge in [0.05, 0.1) is 12.7 Å². The third-order valence-electron chi connectivity index (χ3n) is 2.86. The summed E-state index contributed by atoms with van der Waals surface area (Å²) in [6.45, 7) is 6.99. The molecular weight excluding hydrogens is 190 g/mol. The molecule has 3 atom stereocenters. The first-order valence-corrected chi connectivity index (χ1v) is 6.13. The van der Waals surface area contributed by atoms with Crippen LogP contribution in [-0.4, -0.2) is 30.5 Å². The lowest BCUT2D eigenvalue weighted by molar-refractivity contribution is -0.0174. The molecule has 15 heavy (non-hydrogen) atoms. The van der Waals surface area contributed by atoms with Gasteiger partial charge >= 0.3 is 0 Å². The Balaban J connectivity index is 3.76. The van der Waals surface area contributed by atoms with Gasteiger partial charge in [0.2, 0.25) is 0 Å². The molecule has 0 aromatic rings. The summed E-state index contributed by atoms with van der Waals surface area (Å²) in [6.07, 6.45) is 4.62. The van der Waals surface area contributed by atoms with Crippen LogP contribution in [0, 0.1) is 5.92 Å². The number of nitrogens with two attached hydrogens (primary N) is 1. The molecule has 0 saturated carbocycles. The molecule has 3 unspecified atom stereocenters. The van der Waals surface area contributed by atoms with Crippen LogP contribution in [0.2, 0.25) is 0 Å². The van der Waals surface area contributed by atoms with Gasteiger partial charge in [-0.3, -0.25) is 0 Å². The molecule has 0 aliphatic carbocycles. The van der Waals surface area contributed by atoms with E-state index in [1.807, 2.05) is 6.92 Å². The third-order valence-corrected chi connectivity index (χ3v) is 2.86. The maximum atomic E-state index is 9.05. The molecule has 0 aromatic carbocycles. The molecule has 3 heteroatoms. The number of rotatable bonds is 9. The van der Waals surface area contributed by atoms with Crippen LogP contribution in [0.5, 0.6) is 0 Å². The Labute approximate surface area is 94.0 Å². The van der Waals surface area contributed by atoms with Crippen molar-refractivity contribution in [1.82, 2.24) is 0 Å². The molecular formula is C12H27NO2. The Bertz CT molecular complexity index is 140. The summed E-state index contributed by atoms with van der Waals surface area (Å²) in [5.41, 5.74) is 5.69. The van der Waals surface area contributed by atoms with Crippen LogP contribution in [0.1, 0.15) is 46.5 Å². The van der Waals surface area contributed by atoms with Gasteiger partial charge in [0.15, 0.2) is 0 Å². The number of hydrogen-bond acceptors (Lipinski definition) is 3. The molecule has 0 bridgehead atoms. The first kappa shape index (κ1) is 14.9. The fraction of sp³-hybridized carbons (Fsp3) is 1.00. The van der Waals surface area contributed by atoms with Crippen LogP contribution in [0.15, 0.2) is 0 Å². The Kier molecular flexibility index (Phi) is 9.06. The van der Waals surface area contributed by atoms with Crippen molar-refractivity contribution in [3.63, 3.8) is 0 Å². The SMILES string of the molecule is CCCCC(CC)COC(CO)C(C)N. The van der Waals surface area contributed by atoms with Gasteiger partial charge in [-0.25, -0.2) is 0 Å². The Morgan fingerprint density at radius 2 is 2.00 bits per heavy atom. The number of ether oxygens (including phenoxy) is 1. The molecule has 0 aromatic heterocycles. The van der Waals surface area contributed by atoms with Gasteiger partial charge in [-0.2, -0.15) is 0 Å².